The van der Waals surface area contributed by atoms with Gasteiger partial charge in [0, 0.05) is 25.4 Å². The molecule has 1 N–H and O–H groups in total. The molecular weight excluding hydrogens is 402 g/mol. The third kappa shape index (κ3) is 5.22. The third-order valence-electron chi connectivity index (χ3n) is 5.39. The first-order valence-electron chi connectivity index (χ1n) is 10.1. The molecule has 0 spiro atoms. The molecule has 30 heavy (non-hydrogen) atoms. The van der Waals surface area contributed by atoms with Crippen LogP contribution in [0.4, 0.5) is 0 Å². The van der Waals surface area contributed by atoms with Crippen molar-refractivity contribution >= 4 is 29.5 Å². The molecule has 2 aliphatic heterocycles. The number of rotatable bonds is 5. The zero-order chi connectivity index (χ0) is 21.5. The summed E-state index contributed by atoms with van der Waals surface area (Å²) in [6.07, 6.45) is 4.47. The van der Waals surface area contributed by atoms with E-state index in [9.17, 15) is 19.6 Å². The quantitative estimate of drug-likeness (QED) is 0.726. The van der Waals surface area contributed by atoms with Crippen LogP contribution in [0.15, 0.2) is 34.9 Å². The molecule has 0 aromatic heterocycles. The smallest absolute Gasteiger partial charge is 0.337 e. The molecule has 0 saturated carbocycles. The van der Waals surface area contributed by atoms with Crippen molar-refractivity contribution in [2.75, 3.05) is 26.0 Å². The summed E-state index contributed by atoms with van der Waals surface area (Å²) >= 11 is 1.21. The normalized spacial score (nSPS) is 19.5. The van der Waals surface area contributed by atoms with Crippen molar-refractivity contribution in [3.05, 3.63) is 46.0 Å². The second-order valence-corrected chi connectivity index (χ2v) is 8.34. The van der Waals surface area contributed by atoms with Crippen LogP contribution in [-0.4, -0.2) is 48.6 Å². The highest BCUT2D eigenvalue weighted by atomic mass is 32.2. The second kappa shape index (κ2) is 10.3. The number of ether oxygens (including phenoxy) is 1. The lowest BCUT2D eigenvalue weighted by molar-refractivity contribution is -0.128. The van der Waals surface area contributed by atoms with E-state index in [-0.39, 0.29) is 24.0 Å². The summed E-state index contributed by atoms with van der Waals surface area (Å²) in [5, 5.41) is 13.0. The topological polar surface area (TPSA) is 99.5 Å². The van der Waals surface area contributed by atoms with Crippen molar-refractivity contribution in [1.29, 1.82) is 5.26 Å². The van der Waals surface area contributed by atoms with Crippen molar-refractivity contribution < 1.29 is 19.1 Å². The fourth-order valence-electron chi connectivity index (χ4n) is 3.73. The van der Waals surface area contributed by atoms with Gasteiger partial charge in [-0.2, -0.15) is 5.26 Å². The lowest BCUT2D eigenvalue weighted by Crippen LogP contribution is -2.35. The monoisotopic (exact) mass is 427 g/mol. The van der Waals surface area contributed by atoms with Crippen molar-refractivity contribution in [1.82, 2.24) is 10.2 Å². The number of benzene rings is 1. The summed E-state index contributed by atoms with van der Waals surface area (Å²) in [4.78, 5) is 38.4. The molecule has 2 aliphatic rings. The van der Waals surface area contributed by atoms with Gasteiger partial charge in [0.1, 0.15) is 0 Å². The molecule has 0 radical (unpaired) electrons. The first-order chi connectivity index (χ1) is 14.5. The number of hydrogen-bond donors (Lipinski definition) is 1. The van der Waals surface area contributed by atoms with Gasteiger partial charge in [0.25, 0.3) is 0 Å². The highest BCUT2D eigenvalue weighted by molar-refractivity contribution is 8.03. The molecule has 3 rings (SSSR count). The molecule has 0 unspecified atom stereocenters. The van der Waals surface area contributed by atoms with E-state index < -0.39 is 11.9 Å². The number of nitrogens with one attached hydrogen (secondary N) is 1. The largest absolute Gasteiger partial charge is 0.465 e. The van der Waals surface area contributed by atoms with Crippen LogP contribution < -0.4 is 5.32 Å². The van der Waals surface area contributed by atoms with E-state index in [1.165, 1.54) is 18.9 Å². The van der Waals surface area contributed by atoms with Crippen molar-refractivity contribution in [3.8, 4) is 6.07 Å². The Morgan fingerprint density at radius 2 is 1.87 bits per heavy atom. The molecule has 8 heteroatoms. The molecule has 1 fully saturated rings. The van der Waals surface area contributed by atoms with Crippen LogP contribution in [0.1, 0.15) is 53.9 Å². The number of hydrogen-bond acceptors (Lipinski definition) is 6. The predicted molar refractivity (Wildman–Crippen MR) is 113 cm³/mol. The lowest BCUT2D eigenvalue weighted by Gasteiger charge is -2.26. The number of likely N-dealkylation sites (tertiary alicyclic amines) is 1. The molecule has 2 heterocycles. The van der Waals surface area contributed by atoms with Gasteiger partial charge in [-0.05, 0) is 30.5 Å². The number of amides is 2. The molecule has 2 amide bonds. The van der Waals surface area contributed by atoms with Crippen LogP contribution in [0.3, 0.4) is 0 Å². The van der Waals surface area contributed by atoms with Gasteiger partial charge < -0.3 is 15.0 Å². The van der Waals surface area contributed by atoms with Crippen molar-refractivity contribution in [2.24, 2.45) is 0 Å². The number of nitrogens with zero attached hydrogens (tertiary/aromatic N) is 2. The highest BCUT2D eigenvalue weighted by Crippen LogP contribution is 2.36. The second-order valence-electron chi connectivity index (χ2n) is 7.36. The molecule has 7 nitrogen and oxygen atoms in total. The Labute approximate surface area is 180 Å². The van der Waals surface area contributed by atoms with E-state index in [0.29, 0.717) is 16.2 Å². The summed E-state index contributed by atoms with van der Waals surface area (Å²) in [5.41, 5.74) is 1.61. The minimum atomic E-state index is -0.442. The number of allylic oxidation sites excluding steroid dienone is 1. The zero-order valence-electron chi connectivity index (χ0n) is 17.0. The molecular formula is C22H25N3O4S. The number of carbonyl (C=O) groups excluding carboxylic acids is 3. The van der Waals surface area contributed by atoms with Crippen LogP contribution in [0.5, 0.6) is 0 Å². The van der Waals surface area contributed by atoms with E-state index >= 15 is 0 Å². The first-order valence-corrected chi connectivity index (χ1v) is 11.0. The number of nitriles is 1. The van der Waals surface area contributed by atoms with Crippen molar-refractivity contribution in [2.45, 2.75) is 38.0 Å². The number of esters is 1. The predicted octanol–water partition coefficient (Wildman–Crippen LogP) is 2.95. The Morgan fingerprint density at radius 3 is 2.47 bits per heavy atom. The van der Waals surface area contributed by atoms with Crippen LogP contribution >= 0.6 is 11.8 Å². The van der Waals surface area contributed by atoms with Gasteiger partial charge in [0.05, 0.1) is 35.1 Å². The number of methoxy groups -OCH3 is 1. The molecule has 158 valence electrons. The van der Waals surface area contributed by atoms with E-state index in [4.69, 9.17) is 4.74 Å². The maximum atomic E-state index is 12.6. The summed E-state index contributed by atoms with van der Waals surface area (Å²) in [5.74, 6) is -0.825. The summed E-state index contributed by atoms with van der Waals surface area (Å²) < 4.78 is 4.71. The Morgan fingerprint density at radius 1 is 1.20 bits per heavy atom. The minimum absolute atomic E-state index is 0.0329. The standard InChI is InChI=1S/C22H25N3O4S/c1-29-22(28)16-8-6-15(7-9-16)17-12-19(26)24-21(18(17)13-23)30-14-20(27)25-10-4-2-3-5-11-25/h6-9,17H,2-5,10-12,14H2,1H3,(H,24,26)/t17-/m0/s1. The summed E-state index contributed by atoms with van der Waals surface area (Å²) in [6.45, 7) is 1.54. The van der Waals surface area contributed by atoms with Crippen LogP contribution in [0.25, 0.3) is 0 Å². The average Bonchev–Trinajstić information content (AvgIpc) is 3.06. The van der Waals surface area contributed by atoms with Crippen molar-refractivity contribution in [3.63, 3.8) is 0 Å². The lowest BCUT2D eigenvalue weighted by atomic mass is 9.87. The third-order valence-corrected chi connectivity index (χ3v) is 6.39. The molecule has 1 aromatic rings. The van der Waals surface area contributed by atoms with Gasteiger partial charge >= 0.3 is 5.97 Å². The van der Waals surface area contributed by atoms with Crippen LogP contribution in [-0.2, 0) is 14.3 Å². The van der Waals surface area contributed by atoms with Gasteiger partial charge in [0.2, 0.25) is 11.8 Å². The average molecular weight is 428 g/mol. The van der Waals surface area contributed by atoms with Gasteiger partial charge in [-0.1, -0.05) is 36.7 Å². The number of carbonyl (C=O) groups is 3. The fourth-order valence-corrected chi connectivity index (χ4v) is 4.71. The van der Waals surface area contributed by atoms with Gasteiger partial charge in [-0.3, -0.25) is 9.59 Å². The Balaban J connectivity index is 1.76. The minimum Gasteiger partial charge on any atom is -0.465 e. The first kappa shape index (κ1) is 21.9. The van der Waals surface area contributed by atoms with Crippen LogP contribution in [0, 0.1) is 11.3 Å². The van der Waals surface area contributed by atoms with Crippen LogP contribution in [0.2, 0.25) is 0 Å². The molecule has 1 saturated heterocycles. The Bertz CT molecular complexity index is 881. The Kier molecular flexibility index (Phi) is 7.52. The Hall–Kier alpha value is -2.79. The van der Waals surface area contributed by atoms with E-state index in [2.05, 4.69) is 11.4 Å². The van der Waals surface area contributed by atoms with Gasteiger partial charge in [0.15, 0.2) is 0 Å². The van der Waals surface area contributed by atoms with E-state index in [1.54, 1.807) is 24.3 Å². The fraction of sp³-hybridized carbons (Fsp3) is 0.455. The number of thioether (sulfide) groups is 1. The molecule has 0 aliphatic carbocycles. The van der Waals surface area contributed by atoms with Gasteiger partial charge in [-0.15, -0.1) is 0 Å². The maximum Gasteiger partial charge on any atom is 0.337 e. The maximum absolute atomic E-state index is 12.6. The molecule has 1 aromatic carbocycles. The molecule has 1 atom stereocenters. The van der Waals surface area contributed by atoms with E-state index in [0.717, 1.165) is 44.3 Å². The molecule has 0 bridgehead atoms. The summed E-state index contributed by atoms with van der Waals surface area (Å²) in [7, 11) is 1.31. The zero-order valence-corrected chi connectivity index (χ0v) is 17.8. The SMILES string of the molecule is COC(=O)c1ccc([C@@H]2CC(=O)NC(SCC(=O)N3CCCCCC3)=C2C#N)cc1. The van der Waals surface area contributed by atoms with Gasteiger partial charge in [-0.25, -0.2) is 4.79 Å². The highest BCUT2D eigenvalue weighted by Gasteiger charge is 2.30. The summed E-state index contributed by atoms with van der Waals surface area (Å²) in [6, 6.07) is 8.93. The van der Waals surface area contributed by atoms with E-state index in [1.807, 2.05) is 4.90 Å².